The fraction of sp³-hybridized carbons (Fsp3) is 0.0500. The molecule has 0 saturated heterocycles. The summed E-state index contributed by atoms with van der Waals surface area (Å²) >= 11 is 0. The molecule has 3 aromatic rings. The van der Waals surface area contributed by atoms with Crippen LogP contribution in [0.1, 0.15) is 15.9 Å². The quantitative estimate of drug-likeness (QED) is 0.763. The Kier molecular flexibility index (Phi) is 2.95. The zero-order chi connectivity index (χ0) is 16.0. The van der Waals surface area contributed by atoms with E-state index in [1.807, 2.05) is 42.5 Å². The maximum Gasteiger partial charge on any atom is 0.228 e. The standard InChI is InChI=1S/C20H14O3/c1-23-17-11-14-4-2-3-13-7-10-16(19(18(13)14)20(17)22)12-5-8-15(21)9-6-12/h2-11,21H,1H3. The summed E-state index contributed by atoms with van der Waals surface area (Å²) in [4.78, 5) is 12.9. The zero-order valence-electron chi connectivity index (χ0n) is 12.5. The van der Waals surface area contributed by atoms with Crippen LogP contribution in [0.15, 0.2) is 60.4 Å². The lowest BCUT2D eigenvalue weighted by molar-refractivity contribution is 0.0958. The van der Waals surface area contributed by atoms with E-state index in [0.717, 1.165) is 27.5 Å². The van der Waals surface area contributed by atoms with Gasteiger partial charge in [-0.25, -0.2) is 0 Å². The Morgan fingerprint density at radius 2 is 1.74 bits per heavy atom. The minimum absolute atomic E-state index is 0.111. The number of carbonyl (C=O) groups is 1. The van der Waals surface area contributed by atoms with Crippen molar-refractivity contribution in [3.8, 4) is 16.9 Å². The smallest absolute Gasteiger partial charge is 0.228 e. The molecule has 0 saturated carbocycles. The van der Waals surface area contributed by atoms with Gasteiger partial charge in [0.2, 0.25) is 5.78 Å². The highest BCUT2D eigenvalue weighted by Gasteiger charge is 2.26. The first-order chi connectivity index (χ1) is 11.2. The number of phenolic OH excluding ortho intramolecular Hbond substituents is 1. The third-order valence-corrected chi connectivity index (χ3v) is 4.21. The molecule has 0 bridgehead atoms. The van der Waals surface area contributed by atoms with Crippen LogP contribution in [0.4, 0.5) is 0 Å². The molecule has 112 valence electrons. The summed E-state index contributed by atoms with van der Waals surface area (Å²) in [6.45, 7) is 0. The summed E-state index contributed by atoms with van der Waals surface area (Å²) in [5.41, 5.74) is 3.37. The van der Waals surface area contributed by atoms with E-state index in [2.05, 4.69) is 0 Å². The number of hydrogen-bond acceptors (Lipinski definition) is 3. The molecule has 0 atom stereocenters. The van der Waals surface area contributed by atoms with Crippen molar-refractivity contribution in [3.63, 3.8) is 0 Å². The third-order valence-electron chi connectivity index (χ3n) is 4.21. The first-order valence-electron chi connectivity index (χ1n) is 7.34. The normalized spacial score (nSPS) is 13.1. The van der Waals surface area contributed by atoms with E-state index in [-0.39, 0.29) is 11.5 Å². The van der Waals surface area contributed by atoms with E-state index in [9.17, 15) is 9.90 Å². The fourth-order valence-electron chi connectivity index (χ4n) is 3.13. The van der Waals surface area contributed by atoms with Gasteiger partial charge in [-0.15, -0.1) is 0 Å². The number of hydrogen-bond donors (Lipinski definition) is 1. The van der Waals surface area contributed by atoms with E-state index >= 15 is 0 Å². The second-order valence-electron chi connectivity index (χ2n) is 5.52. The minimum atomic E-state index is -0.111. The molecule has 0 amide bonds. The highest BCUT2D eigenvalue weighted by molar-refractivity contribution is 6.25. The molecule has 0 heterocycles. The molecule has 0 aromatic heterocycles. The van der Waals surface area contributed by atoms with Gasteiger partial charge in [0.05, 0.1) is 7.11 Å². The van der Waals surface area contributed by atoms with E-state index in [1.54, 1.807) is 18.2 Å². The monoisotopic (exact) mass is 302 g/mol. The molecule has 1 aliphatic rings. The predicted molar refractivity (Wildman–Crippen MR) is 90.4 cm³/mol. The van der Waals surface area contributed by atoms with Gasteiger partial charge in [-0.1, -0.05) is 42.5 Å². The average molecular weight is 302 g/mol. The molecule has 0 aliphatic heterocycles. The highest BCUT2D eigenvalue weighted by atomic mass is 16.5. The van der Waals surface area contributed by atoms with Gasteiger partial charge in [-0.2, -0.15) is 0 Å². The average Bonchev–Trinajstić information content (AvgIpc) is 2.58. The Labute approximate surface area is 133 Å². The summed E-state index contributed by atoms with van der Waals surface area (Å²) < 4.78 is 5.27. The van der Waals surface area contributed by atoms with Crippen LogP contribution in [0, 0.1) is 0 Å². The Morgan fingerprint density at radius 3 is 2.48 bits per heavy atom. The summed E-state index contributed by atoms with van der Waals surface area (Å²) in [6.07, 6.45) is 1.79. The van der Waals surface area contributed by atoms with Crippen LogP contribution in [-0.2, 0) is 4.74 Å². The molecule has 4 rings (SSSR count). The SMILES string of the molecule is COC1=Cc2cccc3ccc(-c4ccc(O)cc4)c(c23)C1=O. The number of ketones is 1. The van der Waals surface area contributed by atoms with Crippen LogP contribution >= 0.6 is 0 Å². The van der Waals surface area contributed by atoms with Crippen molar-refractivity contribution in [2.75, 3.05) is 7.11 Å². The maximum atomic E-state index is 12.9. The lowest BCUT2D eigenvalue weighted by Crippen LogP contribution is -2.12. The van der Waals surface area contributed by atoms with Crippen LogP contribution < -0.4 is 0 Å². The van der Waals surface area contributed by atoms with Crippen molar-refractivity contribution < 1.29 is 14.6 Å². The number of carbonyl (C=O) groups excluding carboxylic acids is 1. The van der Waals surface area contributed by atoms with Crippen molar-refractivity contribution in [2.45, 2.75) is 0 Å². The van der Waals surface area contributed by atoms with Gasteiger partial charge < -0.3 is 9.84 Å². The Morgan fingerprint density at radius 1 is 0.957 bits per heavy atom. The molecule has 3 nitrogen and oxygen atoms in total. The number of ether oxygens (including phenoxy) is 1. The molecule has 23 heavy (non-hydrogen) atoms. The molecule has 0 unspecified atom stereocenters. The molecular weight excluding hydrogens is 288 g/mol. The molecule has 3 heteroatoms. The first-order valence-corrected chi connectivity index (χ1v) is 7.34. The molecule has 1 aliphatic carbocycles. The fourth-order valence-corrected chi connectivity index (χ4v) is 3.13. The van der Waals surface area contributed by atoms with E-state index < -0.39 is 0 Å². The van der Waals surface area contributed by atoms with Gasteiger partial charge in [0.15, 0.2) is 5.76 Å². The van der Waals surface area contributed by atoms with Gasteiger partial charge in [0, 0.05) is 10.9 Å². The molecular formula is C20H14O3. The van der Waals surface area contributed by atoms with Crippen molar-refractivity contribution in [2.24, 2.45) is 0 Å². The van der Waals surface area contributed by atoms with E-state index in [1.165, 1.54) is 7.11 Å². The zero-order valence-corrected chi connectivity index (χ0v) is 12.5. The molecule has 1 N–H and O–H groups in total. The lowest BCUT2D eigenvalue weighted by Gasteiger charge is -2.19. The number of allylic oxidation sites excluding steroid dienone is 1. The van der Waals surface area contributed by atoms with Crippen molar-refractivity contribution >= 4 is 22.6 Å². The van der Waals surface area contributed by atoms with Crippen LogP contribution in [0.2, 0.25) is 0 Å². The van der Waals surface area contributed by atoms with Gasteiger partial charge in [-0.05, 0) is 40.3 Å². The highest BCUT2D eigenvalue weighted by Crippen LogP contribution is 2.38. The minimum Gasteiger partial charge on any atom is -0.508 e. The van der Waals surface area contributed by atoms with Gasteiger partial charge in [0.1, 0.15) is 5.75 Å². The van der Waals surface area contributed by atoms with Gasteiger partial charge >= 0.3 is 0 Å². The lowest BCUT2D eigenvalue weighted by atomic mass is 9.85. The second-order valence-corrected chi connectivity index (χ2v) is 5.52. The number of methoxy groups -OCH3 is 1. The maximum absolute atomic E-state index is 12.9. The number of phenols is 1. The van der Waals surface area contributed by atoms with E-state index in [0.29, 0.717) is 11.3 Å². The van der Waals surface area contributed by atoms with Crippen LogP contribution in [0.3, 0.4) is 0 Å². The number of rotatable bonds is 2. The summed E-state index contributed by atoms with van der Waals surface area (Å²) in [6, 6.07) is 16.8. The molecule has 0 radical (unpaired) electrons. The van der Waals surface area contributed by atoms with E-state index in [4.69, 9.17) is 4.74 Å². The Bertz CT molecular complexity index is 966. The van der Waals surface area contributed by atoms with Crippen LogP contribution in [-0.4, -0.2) is 18.0 Å². The largest absolute Gasteiger partial charge is 0.508 e. The third kappa shape index (κ3) is 2.01. The Balaban J connectivity index is 2.08. The first kappa shape index (κ1) is 13.6. The summed E-state index contributed by atoms with van der Waals surface area (Å²) in [7, 11) is 1.51. The molecule has 0 spiro atoms. The number of Topliss-reactive ketones (excluding diaryl/α,β-unsaturated/α-hetero) is 1. The van der Waals surface area contributed by atoms with Crippen molar-refractivity contribution in [1.82, 2.24) is 0 Å². The number of benzene rings is 3. The second kappa shape index (κ2) is 4.99. The van der Waals surface area contributed by atoms with Crippen LogP contribution in [0.25, 0.3) is 28.0 Å². The Hall–Kier alpha value is -3.07. The van der Waals surface area contributed by atoms with Crippen molar-refractivity contribution in [3.05, 3.63) is 71.5 Å². The van der Waals surface area contributed by atoms with Crippen molar-refractivity contribution in [1.29, 1.82) is 0 Å². The van der Waals surface area contributed by atoms with Gasteiger partial charge in [0.25, 0.3) is 0 Å². The van der Waals surface area contributed by atoms with Gasteiger partial charge in [-0.3, -0.25) is 4.79 Å². The molecule has 0 fully saturated rings. The topological polar surface area (TPSA) is 46.5 Å². The molecule has 3 aromatic carbocycles. The summed E-state index contributed by atoms with van der Waals surface area (Å²) in [5.74, 6) is 0.434. The number of aromatic hydroxyl groups is 1. The summed E-state index contributed by atoms with van der Waals surface area (Å²) in [5, 5.41) is 11.5. The van der Waals surface area contributed by atoms with Crippen LogP contribution in [0.5, 0.6) is 5.75 Å². The predicted octanol–water partition coefficient (Wildman–Crippen LogP) is 4.40.